The summed E-state index contributed by atoms with van der Waals surface area (Å²) in [6.45, 7) is 1.88. The molecule has 1 heterocycles. The van der Waals surface area contributed by atoms with Gasteiger partial charge in [0.2, 0.25) is 11.8 Å². The van der Waals surface area contributed by atoms with Gasteiger partial charge in [-0.2, -0.15) is 0 Å². The van der Waals surface area contributed by atoms with Gasteiger partial charge in [0.15, 0.2) is 0 Å². The molecule has 92 valence electrons. The molecule has 2 aromatic rings. The summed E-state index contributed by atoms with van der Waals surface area (Å²) in [5.74, 6) is 0.649. The lowest BCUT2D eigenvalue weighted by Gasteiger charge is -2.06. The van der Waals surface area contributed by atoms with Crippen LogP contribution in [0.1, 0.15) is 16.1 Å². The number of amides is 1. The van der Waals surface area contributed by atoms with Crippen LogP contribution in [0.4, 0.5) is 0 Å². The quantitative estimate of drug-likeness (QED) is 0.948. The smallest absolute Gasteiger partial charge is 0.248 e. The van der Waals surface area contributed by atoms with Crippen molar-refractivity contribution in [1.82, 2.24) is 4.98 Å². The minimum absolute atomic E-state index is 0.447. The number of hydrogen-bond donors (Lipinski definition) is 1. The van der Waals surface area contributed by atoms with E-state index in [2.05, 4.69) is 20.9 Å². The normalized spacial score (nSPS) is 10.1. The Hall–Kier alpha value is -1.88. The zero-order valence-corrected chi connectivity index (χ0v) is 11.3. The van der Waals surface area contributed by atoms with Crippen LogP contribution in [-0.2, 0) is 0 Å². The summed E-state index contributed by atoms with van der Waals surface area (Å²) < 4.78 is 6.49. The number of primary amides is 1. The lowest BCUT2D eigenvalue weighted by Crippen LogP contribution is -2.10. The van der Waals surface area contributed by atoms with Gasteiger partial charge in [-0.3, -0.25) is 4.79 Å². The molecule has 0 aliphatic rings. The highest BCUT2D eigenvalue weighted by Gasteiger charge is 2.03. The van der Waals surface area contributed by atoms with E-state index in [9.17, 15) is 4.79 Å². The second kappa shape index (κ2) is 5.18. The van der Waals surface area contributed by atoms with Gasteiger partial charge in [0.05, 0.1) is 5.69 Å². The van der Waals surface area contributed by atoms with E-state index in [0.29, 0.717) is 17.2 Å². The lowest BCUT2D eigenvalue weighted by atomic mass is 10.2. The molecule has 2 N–H and O–H groups in total. The van der Waals surface area contributed by atoms with Gasteiger partial charge < -0.3 is 10.5 Å². The van der Waals surface area contributed by atoms with E-state index >= 15 is 0 Å². The minimum atomic E-state index is -0.459. The van der Waals surface area contributed by atoms with Crippen LogP contribution in [0.5, 0.6) is 11.6 Å². The van der Waals surface area contributed by atoms with Crippen LogP contribution in [0.25, 0.3) is 0 Å². The Labute approximate surface area is 113 Å². The van der Waals surface area contributed by atoms with E-state index in [1.807, 2.05) is 13.0 Å². The van der Waals surface area contributed by atoms with Crippen molar-refractivity contribution in [2.24, 2.45) is 5.73 Å². The van der Waals surface area contributed by atoms with Crippen molar-refractivity contribution in [1.29, 1.82) is 0 Å². The molecule has 0 saturated carbocycles. The van der Waals surface area contributed by atoms with Crippen molar-refractivity contribution in [2.75, 3.05) is 0 Å². The summed E-state index contributed by atoms with van der Waals surface area (Å²) in [5, 5.41) is 0. The number of rotatable bonds is 3. The van der Waals surface area contributed by atoms with Crippen LogP contribution in [0.3, 0.4) is 0 Å². The van der Waals surface area contributed by atoms with Crippen molar-refractivity contribution in [3.05, 3.63) is 52.1 Å². The van der Waals surface area contributed by atoms with Gasteiger partial charge in [0.25, 0.3) is 0 Å². The van der Waals surface area contributed by atoms with Gasteiger partial charge in [0, 0.05) is 16.1 Å². The molecule has 4 nitrogen and oxygen atoms in total. The SMILES string of the molecule is Cc1nc(Oc2ccc(C(N)=O)cc2)ccc1Br. The fraction of sp³-hybridized carbons (Fsp3) is 0.0769. The molecular formula is C13H11BrN2O2. The van der Waals surface area contributed by atoms with E-state index in [1.54, 1.807) is 30.3 Å². The van der Waals surface area contributed by atoms with E-state index < -0.39 is 5.91 Å². The van der Waals surface area contributed by atoms with Crippen LogP contribution in [0.15, 0.2) is 40.9 Å². The number of pyridine rings is 1. The van der Waals surface area contributed by atoms with Crippen LogP contribution in [0.2, 0.25) is 0 Å². The van der Waals surface area contributed by atoms with Crippen LogP contribution in [0, 0.1) is 6.92 Å². The largest absolute Gasteiger partial charge is 0.439 e. The Bertz CT molecular complexity index is 582. The number of halogens is 1. The van der Waals surface area contributed by atoms with E-state index in [0.717, 1.165) is 10.2 Å². The van der Waals surface area contributed by atoms with Crippen molar-refractivity contribution < 1.29 is 9.53 Å². The molecule has 0 aliphatic carbocycles. The van der Waals surface area contributed by atoms with E-state index in [4.69, 9.17) is 10.5 Å². The highest BCUT2D eigenvalue weighted by atomic mass is 79.9. The summed E-state index contributed by atoms with van der Waals surface area (Å²) in [7, 11) is 0. The zero-order valence-electron chi connectivity index (χ0n) is 9.68. The Morgan fingerprint density at radius 1 is 1.22 bits per heavy atom. The number of aryl methyl sites for hydroxylation is 1. The number of hydrogen-bond acceptors (Lipinski definition) is 3. The predicted molar refractivity (Wildman–Crippen MR) is 71.7 cm³/mol. The summed E-state index contributed by atoms with van der Waals surface area (Å²) >= 11 is 3.37. The first kappa shape index (κ1) is 12.6. The monoisotopic (exact) mass is 306 g/mol. The molecule has 1 aromatic carbocycles. The lowest BCUT2D eigenvalue weighted by molar-refractivity contribution is 0.100. The average molecular weight is 307 g/mol. The van der Waals surface area contributed by atoms with E-state index in [1.165, 1.54) is 0 Å². The Balaban J connectivity index is 2.18. The first-order chi connectivity index (χ1) is 8.56. The fourth-order valence-electron chi connectivity index (χ4n) is 1.39. The number of nitrogens with zero attached hydrogens (tertiary/aromatic N) is 1. The predicted octanol–water partition coefficient (Wildman–Crippen LogP) is 3.04. The number of carbonyl (C=O) groups excluding carboxylic acids is 1. The molecule has 0 bridgehead atoms. The molecule has 0 atom stereocenters. The second-order valence-electron chi connectivity index (χ2n) is 3.71. The Morgan fingerprint density at radius 2 is 1.89 bits per heavy atom. The number of carbonyl (C=O) groups is 1. The molecule has 2 rings (SSSR count). The maximum absolute atomic E-state index is 10.9. The van der Waals surface area contributed by atoms with Crippen molar-refractivity contribution in [3.63, 3.8) is 0 Å². The first-order valence-electron chi connectivity index (χ1n) is 5.27. The van der Waals surface area contributed by atoms with Crippen molar-refractivity contribution in [3.8, 4) is 11.6 Å². The van der Waals surface area contributed by atoms with Gasteiger partial charge in [0.1, 0.15) is 5.75 Å². The third-order valence-electron chi connectivity index (χ3n) is 2.36. The van der Waals surface area contributed by atoms with Gasteiger partial charge in [-0.1, -0.05) is 0 Å². The number of benzene rings is 1. The van der Waals surface area contributed by atoms with Crippen LogP contribution >= 0.6 is 15.9 Å². The van der Waals surface area contributed by atoms with E-state index in [-0.39, 0.29) is 0 Å². The molecule has 0 unspecified atom stereocenters. The van der Waals surface area contributed by atoms with Crippen LogP contribution < -0.4 is 10.5 Å². The zero-order chi connectivity index (χ0) is 13.1. The highest BCUT2D eigenvalue weighted by molar-refractivity contribution is 9.10. The maximum Gasteiger partial charge on any atom is 0.248 e. The topological polar surface area (TPSA) is 65.2 Å². The summed E-state index contributed by atoms with van der Waals surface area (Å²) in [4.78, 5) is 15.2. The third kappa shape index (κ3) is 2.87. The molecule has 1 amide bonds. The molecule has 0 fully saturated rings. The Kier molecular flexibility index (Phi) is 3.62. The minimum Gasteiger partial charge on any atom is -0.439 e. The first-order valence-corrected chi connectivity index (χ1v) is 6.06. The molecule has 5 heteroatoms. The summed E-state index contributed by atoms with van der Waals surface area (Å²) in [6.07, 6.45) is 0. The summed E-state index contributed by atoms with van der Waals surface area (Å²) in [5.41, 5.74) is 6.45. The highest BCUT2D eigenvalue weighted by Crippen LogP contribution is 2.23. The molecule has 0 spiro atoms. The van der Waals surface area contributed by atoms with Gasteiger partial charge in [-0.25, -0.2) is 4.98 Å². The third-order valence-corrected chi connectivity index (χ3v) is 3.20. The molecule has 0 radical (unpaired) electrons. The standard InChI is InChI=1S/C13H11BrN2O2/c1-8-11(14)6-7-12(16-8)18-10-4-2-9(3-5-10)13(15)17/h2-7H,1H3,(H2,15,17). The van der Waals surface area contributed by atoms with Gasteiger partial charge in [-0.15, -0.1) is 0 Å². The van der Waals surface area contributed by atoms with Gasteiger partial charge >= 0.3 is 0 Å². The maximum atomic E-state index is 10.9. The molecule has 18 heavy (non-hydrogen) atoms. The second-order valence-corrected chi connectivity index (χ2v) is 4.56. The number of aromatic nitrogens is 1. The molecular weight excluding hydrogens is 296 g/mol. The molecule has 1 aromatic heterocycles. The number of ether oxygens (including phenoxy) is 1. The van der Waals surface area contributed by atoms with Gasteiger partial charge in [-0.05, 0) is 53.2 Å². The van der Waals surface area contributed by atoms with Crippen LogP contribution in [-0.4, -0.2) is 10.9 Å². The Morgan fingerprint density at radius 3 is 2.44 bits per heavy atom. The average Bonchev–Trinajstić information content (AvgIpc) is 2.34. The molecule has 0 aliphatic heterocycles. The molecule has 0 saturated heterocycles. The summed E-state index contributed by atoms with van der Waals surface area (Å²) in [6, 6.07) is 10.2. The number of nitrogens with two attached hydrogens (primary N) is 1. The van der Waals surface area contributed by atoms with Crippen molar-refractivity contribution in [2.45, 2.75) is 6.92 Å². The fourth-order valence-corrected chi connectivity index (χ4v) is 1.61. The van der Waals surface area contributed by atoms with Crippen molar-refractivity contribution >= 4 is 21.8 Å².